The van der Waals surface area contributed by atoms with Gasteiger partial charge in [-0.2, -0.15) is 0 Å². The van der Waals surface area contributed by atoms with Crippen LogP contribution in [0.5, 0.6) is 0 Å². The topological polar surface area (TPSA) is 65.3 Å². The Morgan fingerprint density at radius 2 is 1.90 bits per heavy atom. The van der Waals surface area contributed by atoms with Gasteiger partial charge in [-0.1, -0.05) is 43.9 Å². The molecule has 1 aliphatic rings. The number of para-hydroxylation sites is 1. The van der Waals surface area contributed by atoms with Gasteiger partial charge in [-0.3, -0.25) is 9.59 Å². The number of nitrogens with one attached hydrogen (secondary N) is 1. The lowest BCUT2D eigenvalue weighted by Crippen LogP contribution is -2.35. The number of hydrogen-bond acceptors (Lipinski definition) is 3. The van der Waals surface area contributed by atoms with Crippen molar-refractivity contribution in [2.24, 2.45) is 7.05 Å². The average molecular weight is 396 g/mol. The Balaban J connectivity index is 1.86. The first-order valence-electron chi connectivity index (χ1n) is 10.5. The van der Waals surface area contributed by atoms with Crippen LogP contribution in [0, 0.1) is 0 Å². The average Bonchev–Trinajstić information content (AvgIpc) is 2.87. The maximum absolute atomic E-state index is 13.4. The molecule has 3 aromatic rings. The smallest absolute Gasteiger partial charge is 0.275 e. The zero-order chi connectivity index (χ0) is 20.4. The zero-order valence-electron chi connectivity index (χ0n) is 17.2. The molecule has 0 bridgehead atoms. The van der Waals surface area contributed by atoms with Crippen molar-refractivity contribution in [1.29, 1.82) is 0 Å². The standard InChI is InChI=1S/C23H29N3O3/c1-25-19-12-8-7-11-17(19)20-18(15-26(13-14-29-2)23(28)21(20)25)22(27)24-16-9-5-3-4-6-10-16/h7-8,11-12,15-16H,3-6,9-10,13-14H2,1-2H3,(H,24,27). The molecule has 4 rings (SSSR count). The summed E-state index contributed by atoms with van der Waals surface area (Å²) in [6.07, 6.45) is 8.54. The zero-order valence-corrected chi connectivity index (χ0v) is 17.2. The van der Waals surface area contributed by atoms with Crippen LogP contribution in [0.3, 0.4) is 0 Å². The molecule has 6 heteroatoms. The van der Waals surface area contributed by atoms with Gasteiger partial charge in [0.15, 0.2) is 0 Å². The van der Waals surface area contributed by atoms with Crippen LogP contribution in [-0.2, 0) is 18.3 Å². The molecule has 0 saturated heterocycles. The van der Waals surface area contributed by atoms with Gasteiger partial charge in [0.05, 0.1) is 12.2 Å². The maximum atomic E-state index is 13.4. The Bertz CT molecular complexity index is 1090. The van der Waals surface area contributed by atoms with Gasteiger partial charge in [-0.25, -0.2) is 0 Å². The number of ether oxygens (including phenoxy) is 1. The van der Waals surface area contributed by atoms with Crippen molar-refractivity contribution in [2.75, 3.05) is 13.7 Å². The fourth-order valence-corrected chi connectivity index (χ4v) is 4.55. The third-order valence-electron chi connectivity index (χ3n) is 6.10. The Kier molecular flexibility index (Phi) is 5.72. The number of aryl methyl sites for hydroxylation is 1. The van der Waals surface area contributed by atoms with Gasteiger partial charge in [0.2, 0.25) is 0 Å². The van der Waals surface area contributed by atoms with Gasteiger partial charge >= 0.3 is 0 Å². The first kappa shape index (κ1) is 19.7. The largest absolute Gasteiger partial charge is 0.383 e. The molecule has 1 aromatic carbocycles. The third kappa shape index (κ3) is 3.69. The Hall–Kier alpha value is -2.60. The summed E-state index contributed by atoms with van der Waals surface area (Å²) in [7, 11) is 3.50. The second-order valence-corrected chi connectivity index (χ2v) is 8.00. The van der Waals surface area contributed by atoms with Crippen molar-refractivity contribution in [2.45, 2.75) is 51.1 Å². The van der Waals surface area contributed by atoms with Crippen LogP contribution < -0.4 is 10.9 Å². The predicted molar refractivity (Wildman–Crippen MR) is 116 cm³/mol. The van der Waals surface area contributed by atoms with Gasteiger partial charge in [0.25, 0.3) is 11.5 Å². The number of pyridine rings is 1. The summed E-state index contributed by atoms with van der Waals surface area (Å²) in [5.41, 5.74) is 1.99. The summed E-state index contributed by atoms with van der Waals surface area (Å²) < 4.78 is 8.68. The summed E-state index contributed by atoms with van der Waals surface area (Å²) in [6.45, 7) is 0.829. The number of benzene rings is 1. The van der Waals surface area contributed by atoms with Crippen LogP contribution in [0.4, 0.5) is 0 Å². The van der Waals surface area contributed by atoms with Crippen LogP contribution in [0.15, 0.2) is 35.3 Å². The molecule has 0 spiro atoms. The van der Waals surface area contributed by atoms with Crippen LogP contribution >= 0.6 is 0 Å². The third-order valence-corrected chi connectivity index (χ3v) is 6.10. The van der Waals surface area contributed by atoms with Gasteiger partial charge < -0.3 is 19.2 Å². The number of nitrogens with zero attached hydrogens (tertiary/aromatic N) is 2. The number of aromatic nitrogens is 2. The van der Waals surface area contributed by atoms with E-state index in [1.807, 2.05) is 35.9 Å². The lowest BCUT2D eigenvalue weighted by molar-refractivity contribution is 0.0934. The highest BCUT2D eigenvalue weighted by Gasteiger charge is 2.23. The Morgan fingerprint density at radius 3 is 2.62 bits per heavy atom. The minimum atomic E-state index is -0.0956. The van der Waals surface area contributed by atoms with E-state index in [2.05, 4.69) is 5.32 Å². The molecule has 0 radical (unpaired) electrons. The summed E-state index contributed by atoms with van der Waals surface area (Å²) >= 11 is 0. The molecule has 29 heavy (non-hydrogen) atoms. The number of carbonyl (C=O) groups is 1. The number of hydrogen-bond donors (Lipinski definition) is 1. The van der Waals surface area contributed by atoms with E-state index in [9.17, 15) is 9.59 Å². The molecule has 0 aliphatic heterocycles. The number of carbonyl (C=O) groups excluding carboxylic acids is 1. The van der Waals surface area contributed by atoms with E-state index in [-0.39, 0.29) is 17.5 Å². The number of fused-ring (bicyclic) bond motifs is 3. The first-order chi connectivity index (χ1) is 14.1. The molecule has 0 atom stereocenters. The monoisotopic (exact) mass is 395 g/mol. The molecular weight excluding hydrogens is 366 g/mol. The minimum absolute atomic E-state index is 0.0931. The van der Waals surface area contributed by atoms with Crippen molar-refractivity contribution in [3.8, 4) is 0 Å². The molecule has 1 amide bonds. The Morgan fingerprint density at radius 1 is 1.17 bits per heavy atom. The number of rotatable bonds is 5. The SMILES string of the molecule is COCCn1cc(C(=O)NC2CCCCCC2)c2c3ccccc3n(C)c2c1=O. The van der Waals surface area contributed by atoms with E-state index in [0.29, 0.717) is 24.2 Å². The normalized spacial score (nSPS) is 15.7. The van der Waals surface area contributed by atoms with Crippen LogP contribution in [0.25, 0.3) is 21.8 Å². The molecule has 1 N–H and O–H groups in total. The van der Waals surface area contributed by atoms with E-state index in [0.717, 1.165) is 42.0 Å². The molecular formula is C23H29N3O3. The van der Waals surface area contributed by atoms with Crippen LogP contribution in [0.2, 0.25) is 0 Å². The van der Waals surface area contributed by atoms with E-state index >= 15 is 0 Å². The minimum Gasteiger partial charge on any atom is -0.383 e. The number of amides is 1. The van der Waals surface area contributed by atoms with E-state index < -0.39 is 0 Å². The second-order valence-electron chi connectivity index (χ2n) is 8.00. The second kappa shape index (κ2) is 8.41. The number of methoxy groups -OCH3 is 1. The lowest BCUT2D eigenvalue weighted by atomic mass is 10.1. The van der Waals surface area contributed by atoms with E-state index in [1.54, 1.807) is 17.9 Å². The summed E-state index contributed by atoms with van der Waals surface area (Å²) in [4.78, 5) is 26.6. The summed E-state index contributed by atoms with van der Waals surface area (Å²) in [6, 6.07) is 8.08. The highest BCUT2D eigenvalue weighted by atomic mass is 16.5. The van der Waals surface area contributed by atoms with Crippen molar-refractivity contribution in [1.82, 2.24) is 14.5 Å². The molecule has 1 aliphatic carbocycles. The van der Waals surface area contributed by atoms with Crippen molar-refractivity contribution >= 4 is 27.7 Å². The maximum Gasteiger partial charge on any atom is 0.275 e. The van der Waals surface area contributed by atoms with Gasteiger partial charge in [-0.05, 0) is 18.9 Å². The molecule has 1 saturated carbocycles. The molecule has 2 aromatic heterocycles. The van der Waals surface area contributed by atoms with Crippen molar-refractivity contribution < 1.29 is 9.53 Å². The molecule has 1 fully saturated rings. The van der Waals surface area contributed by atoms with Crippen LogP contribution in [0.1, 0.15) is 48.9 Å². The molecule has 2 heterocycles. The lowest BCUT2D eigenvalue weighted by Gasteiger charge is -2.17. The quantitative estimate of drug-likeness (QED) is 0.672. The van der Waals surface area contributed by atoms with E-state index in [4.69, 9.17) is 4.74 Å². The highest BCUT2D eigenvalue weighted by molar-refractivity contribution is 6.17. The highest BCUT2D eigenvalue weighted by Crippen LogP contribution is 2.29. The van der Waals surface area contributed by atoms with Gasteiger partial charge in [0.1, 0.15) is 5.52 Å². The molecule has 6 nitrogen and oxygen atoms in total. The summed E-state index contributed by atoms with van der Waals surface area (Å²) in [5, 5.41) is 4.93. The predicted octanol–water partition coefficient (Wildman–Crippen LogP) is 3.59. The fraction of sp³-hybridized carbons (Fsp3) is 0.478. The summed E-state index contributed by atoms with van der Waals surface area (Å²) in [5.74, 6) is -0.0931. The molecule has 0 unspecified atom stereocenters. The first-order valence-corrected chi connectivity index (χ1v) is 10.5. The Labute approximate surface area is 170 Å². The van der Waals surface area contributed by atoms with Gasteiger partial charge in [0, 0.05) is 49.2 Å². The van der Waals surface area contributed by atoms with Crippen molar-refractivity contribution in [3.63, 3.8) is 0 Å². The van der Waals surface area contributed by atoms with E-state index in [1.165, 1.54) is 12.8 Å². The van der Waals surface area contributed by atoms with Crippen LogP contribution in [-0.4, -0.2) is 34.8 Å². The van der Waals surface area contributed by atoms with Gasteiger partial charge in [-0.15, -0.1) is 0 Å². The van der Waals surface area contributed by atoms with Crippen molar-refractivity contribution in [3.05, 3.63) is 46.4 Å². The fourth-order valence-electron chi connectivity index (χ4n) is 4.55. The molecule has 154 valence electrons.